The lowest BCUT2D eigenvalue weighted by molar-refractivity contribution is 0.00989. The minimum absolute atomic E-state index is 0.349. The van der Waals surface area contributed by atoms with Crippen molar-refractivity contribution in [2.75, 3.05) is 78.1 Å². The average molecular weight is 433 g/mol. The summed E-state index contributed by atoms with van der Waals surface area (Å²) in [4.78, 5) is 16.3. The van der Waals surface area contributed by atoms with Crippen molar-refractivity contribution >= 4 is 11.8 Å². The molecule has 31 heavy (non-hydrogen) atoms. The zero-order valence-electron chi connectivity index (χ0n) is 19.6. The molecule has 0 saturated carbocycles. The van der Waals surface area contributed by atoms with E-state index in [0.29, 0.717) is 6.10 Å². The number of anilines is 1. The van der Waals surface area contributed by atoms with E-state index < -0.39 is 0 Å². The van der Waals surface area contributed by atoms with Crippen molar-refractivity contribution < 1.29 is 9.47 Å². The summed E-state index contributed by atoms with van der Waals surface area (Å²) in [5.41, 5.74) is 1.24. The summed E-state index contributed by atoms with van der Waals surface area (Å²) in [5.74, 6) is 2.05. The highest BCUT2D eigenvalue weighted by molar-refractivity contribution is 5.80. The molecule has 1 aromatic rings. The van der Waals surface area contributed by atoms with Crippen LogP contribution in [0.5, 0.6) is 0 Å². The molecule has 0 unspecified atom stereocenters. The van der Waals surface area contributed by atoms with Gasteiger partial charge >= 0.3 is 0 Å². The normalized spacial score (nSPS) is 19.1. The fraction of sp³-hybridized carbons (Fsp3) is 0.739. The fourth-order valence-corrected chi connectivity index (χ4v) is 4.24. The number of piperidine rings is 1. The second-order valence-electron chi connectivity index (χ2n) is 8.25. The largest absolute Gasteiger partial charge is 0.385 e. The third-order valence-electron chi connectivity index (χ3n) is 6.20. The van der Waals surface area contributed by atoms with Gasteiger partial charge in [0.2, 0.25) is 0 Å². The SMILES string of the molecule is CCN1CCN(c2cc(CNC(=NC)N3CCC(OCCCOC)CC3)ccn2)CC1. The van der Waals surface area contributed by atoms with E-state index >= 15 is 0 Å². The number of aromatic nitrogens is 1. The number of hydrogen-bond acceptors (Lipinski definition) is 6. The zero-order chi connectivity index (χ0) is 21.9. The molecule has 3 rings (SSSR count). The van der Waals surface area contributed by atoms with Crippen LogP contribution in [-0.2, 0) is 16.0 Å². The Balaban J connectivity index is 1.44. The highest BCUT2D eigenvalue weighted by atomic mass is 16.5. The van der Waals surface area contributed by atoms with Gasteiger partial charge in [-0.3, -0.25) is 4.99 Å². The molecule has 2 aliphatic rings. The fourth-order valence-electron chi connectivity index (χ4n) is 4.24. The minimum Gasteiger partial charge on any atom is -0.385 e. The van der Waals surface area contributed by atoms with Crippen LogP contribution >= 0.6 is 0 Å². The number of likely N-dealkylation sites (N-methyl/N-ethyl adjacent to an activating group) is 1. The first-order valence-corrected chi connectivity index (χ1v) is 11.7. The van der Waals surface area contributed by atoms with Crippen LogP contribution in [0.25, 0.3) is 0 Å². The monoisotopic (exact) mass is 432 g/mol. The van der Waals surface area contributed by atoms with Crippen molar-refractivity contribution in [2.24, 2.45) is 4.99 Å². The van der Waals surface area contributed by atoms with Gasteiger partial charge < -0.3 is 29.5 Å². The van der Waals surface area contributed by atoms with E-state index in [1.807, 2.05) is 13.2 Å². The molecule has 1 N–H and O–H groups in total. The summed E-state index contributed by atoms with van der Waals surface area (Å²) in [7, 11) is 3.60. The number of methoxy groups -OCH3 is 1. The Kier molecular flexibility index (Phi) is 9.84. The molecule has 0 atom stereocenters. The Morgan fingerprint density at radius 2 is 1.94 bits per heavy atom. The molecule has 174 valence electrons. The van der Waals surface area contributed by atoms with Crippen LogP contribution in [0.2, 0.25) is 0 Å². The molecule has 2 aliphatic heterocycles. The van der Waals surface area contributed by atoms with Crippen molar-refractivity contribution in [3.8, 4) is 0 Å². The van der Waals surface area contributed by atoms with Gasteiger partial charge in [0.1, 0.15) is 5.82 Å². The number of guanidine groups is 1. The Hall–Kier alpha value is -1.90. The third-order valence-corrected chi connectivity index (χ3v) is 6.20. The van der Waals surface area contributed by atoms with Crippen molar-refractivity contribution in [3.05, 3.63) is 23.9 Å². The van der Waals surface area contributed by atoms with Gasteiger partial charge in [0.25, 0.3) is 0 Å². The van der Waals surface area contributed by atoms with Crippen molar-refractivity contribution in [2.45, 2.75) is 38.8 Å². The molecule has 0 bridgehead atoms. The summed E-state index contributed by atoms with van der Waals surface area (Å²) < 4.78 is 11.1. The third kappa shape index (κ3) is 7.33. The van der Waals surface area contributed by atoms with Gasteiger partial charge in [-0.05, 0) is 43.5 Å². The molecule has 0 aliphatic carbocycles. The quantitative estimate of drug-likeness (QED) is 0.363. The molecule has 8 nitrogen and oxygen atoms in total. The smallest absolute Gasteiger partial charge is 0.193 e. The van der Waals surface area contributed by atoms with Gasteiger partial charge in [-0.1, -0.05) is 6.92 Å². The first-order valence-electron chi connectivity index (χ1n) is 11.7. The first-order chi connectivity index (χ1) is 15.2. The number of pyridine rings is 1. The van der Waals surface area contributed by atoms with Crippen LogP contribution in [0.15, 0.2) is 23.3 Å². The molecule has 8 heteroatoms. The van der Waals surface area contributed by atoms with Crippen LogP contribution in [-0.4, -0.2) is 100 Å². The molecule has 2 fully saturated rings. The highest BCUT2D eigenvalue weighted by Crippen LogP contribution is 2.16. The molecular formula is C23H40N6O2. The van der Waals surface area contributed by atoms with Crippen LogP contribution in [0.3, 0.4) is 0 Å². The number of nitrogens with one attached hydrogen (secondary N) is 1. The van der Waals surface area contributed by atoms with E-state index in [2.05, 4.69) is 49.0 Å². The van der Waals surface area contributed by atoms with Crippen LogP contribution < -0.4 is 10.2 Å². The number of ether oxygens (including phenoxy) is 2. The van der Waals surface area contributed by atoms with Crippen LogP contribution in [0.4, 0.5) is 5.82 Å². The summed E-state index contributed by atoms with van der Waals surface area (Å²) >= 11 is 0. The highest BCUT2D eigenvalue weighted by Gasteiger charge is 2.22. The number of hydrogen-bond donors (Lipinski definition) is 1. The van der Waals surface area contributed by atoms with Crippen molar-refractivity contribution in [3.63, 3.8) is 0 Å². The minimum atomic E-state index is 0.349. The van der Waals surface area contributed by atoms with E-state index in [-0.39, 0.29) is 0 Å². The van der Waals surface area contributed by atoms with Crippen molar-refractivity contribution in [1.82, 2.24) is 20.1 Å². The van der Waals surface area contributed by atoms with E-state index in [1.165, 1.54) is 5.56 Å². The molecule has 0 radical (unpaired) electrons. The molecule has 1 aromatic heterocycles. The number of rotatable bonds is 9. The van der Waals surface area contributed by atoms with Gasteiger partial charge in [0.15, 0.2) is 5.96 Å². The standard InChI is InChI=1S/C23H40N6O2/c1-4-27-12-14-28(15-13-27)22-18-20(6-9-25-22)19-26-23(24-2)29-10-7-21(8-11-29)31-17-5-16-30-3/h6,9,18,21H,4-5,7-8,10-17,19H2,1-3H3,(H,24,26). The van der Waals surface area contributed by atoms with E-state index in [1.54, 1.807) is 7.11 Å². The lowest BCUT2D eigenvalue weighted by Gasteiger charge is -2.35. The summed E-state index contributed by atoms with van der Waals surface area (Å²) in [5, 5.41) is 3.54. The molecule has 2 saturated heterocycles. The van der Waals surface area contributed by atoms with Gasteiger partial charge in [-0.15, -0.1) is 0 Å². The predicted octanol–water partition coefficient (Wildman–Crippen LogP) is 1.82. The van der Waals surface area contributed by atoms with Gasteiger partial charge in [0.05, 0.1) is 6.10 Å². The number of likely N-dealkylation sites (tertiary alicyclic amines) is 1. The Morgan fingerprint density at radius 3 is 2.61 bits per heavy atom. The molecule has 0 aromatic carbocycles. The van der Waals surface area contributed by atoms with E-state index in [4.69, 9.17) is 9.47 Å². The zero-order valence-corrected chi connectivity index (χ0v) is 19.6. The van der Waals surface area contributed by atoms with Gasteiger partial charge in [-0.25, -0.2) is 4.98 Å². The van der Waals surface area contributed by atoms with Crippen LogP contribution in [0, 0.1) is 0 Å². The second-order valence-corrected chi connectivity index (χ2v) is 8.25. The Morgan fingerprint density at radius 1 is 1.16 bits per heavy atom. The van der Waals surface area contributed by atoms with Crippen molar-refractivity contribution in [1.29, 1.82) is 0 Å². The van der Waals surface area contributed by atoms with Gasteiger partial charge in [-0.2, -0.15) is 0 Å². The number of aliphatic imine (C=N–C) groups is 1. The maximum Gasteiger partial charge on any atom is 0.193 e. The van der Waals surface area contributed by atoms with E-state index in [9.17, 15) is 0 Å². The lowest BCUT2D eigenvalue weighted by atomic mass is 10.1. The van der Waals surface area contributed by atoms with Gasteiger partial charge in [0, 0.05) is 79.4 Å². The molecule has 3 heterocycles. The molecule has 0 amide bonds. The number of piperazine rings is 1. The average Bonchev–Trinajstić information content (AvgIpc) is 2.83. The Labute approximate surface area is 187 Å². The Bertz CT molecular complexity index is 670. The van der Waals surface area contributed by atoms with Crippen LogP contribution in [0.1, 0.15) is 31.7 Å². The topological polar surface area (TPSA) is 65.5 Å². The summed E-state index contributed by atoms with van der Waals surface area (Å²) in [6.45, 7) is 11.9. The molecular weight excluding hydrogens is 392 g/mol. The predicted molar refractivity (Wildman–Crippen MR) is 126 cm³/mol. The molecule has 0 spiro atoms. The lowest BCUT2D eigenvalue weighted by Crippen LogP contribution is -2.47. The summed E-state index contributed by atoms with van der Waals surface area (Å²) in [6.07, 6.45) is 5.31. The maximum atomic E-state index is 5.98. The maximum absolute atomic E-state index is 5.98. The van der Waals surface area contributed by atoms with E-state index in [0.717, 1.165) is 96.6 Å². The number of nitrogens with zero attached hydrogens (tertiary/aromatic N) is 5. The summed E-state index contributed by atoms with van der Waals surface area (Å²) in [6, 6.07) is 4.30. The second kappa shape index (κ2) is 12.8. The first kappa shape index (κ1) is 23.8.